The normalized spacial score (nSPS) is 14.4. The second-order valence-corrected chi connectivity index (χ2v) is 7.70. The predicted molar refractivity (Wildman–Crippen MR) is 128 cm³/mol. The summed E-state index contributed by atoms with van der Waals surface area (Å²) in [6, 6.07) is 27.7. The van der Waals surface area contributed by atoms with Gasteiger partial charge in [-0.1, -0.05) is 48.5 Å². The van der Waals surface area contributed by atoms with Crippen LogP contribution in [0, 0.1) is 0 Å². The van der Waals surface area contributed by atoms with Crippen LogP contribution in [0.1, 0.15) is 12.0 Å². The Hall–Kier alpha value is -3.64. The third-order valence-electron chi connectivity index (χ3n) is 5.39. The maximum Gasteiger partial charge on any atom is 0.241 e. The smallest absolute Gasteiger partial charge is 0.241 e. The summed E-state index contributed by atoms with van der Waals surface area (Å²) < 4.78 is 5.83. The summed E-state index contributed by atoms with van der Waals surface area (Å²) in [4.78, 5) is 16.9. The van der Waals surface area contributed by atoms with Gasteiger partial charge in [0.15, 0.2) is 0 Å². The summed E-state index contributed by atoms with van der Waals surface area (Å²) in [5.74, 6) is 1.42. The highest BCUT2D eigenvalue weighted by atomic mass is 16.5. The van der Waals surface area contributed by atoms with Gasteiger partial charge < -0.3 is 9.64 Å². The fourth-order valence-corrected chi connectivity index (χ4v) is 3.65. The van der Waals surface area contributed by atoms with Crippen molar-refractivity contribution in [3.05, 3.63) is 90.5 Å². The number of hydrazone groups is 1. The third-order valence-corrected chi connectivity index (χ3v) is 5.39. The van der Waals surface area contributed by atoms with E-state index in [1.807, 2.05) is 60.7 Å². The molecule has 0 saturated carbocycles. The van der Waals surface area contributed by atoms with Gasteiger partial charge >= 0.3 is 0 Å². The van der Waals surface area contributed by atoms with Crippen LogP contribution in [0.5, 0.6) is 11.5 Å². The van der Waals surface area contributed by atoms with Crippen molar-refractivity contribution in [3.8, 4) is 11.5 Å². The van der Waals surface area contributed by atoms with Crippen LogP contribution in [-0.4, -0.2) is 49.7 Å². The van der Waals surface area contributed by atoms with Gasteiger partial charge in [-0.3, -0.25) is 9.69 Å². The quantitative estimate of drug-likeness (QED) is 0.433. The fraction of sp³-hybridized carbons (Fsp3) is 0.231. The molecule has 0 spiro atoms. The summed E-state index contributed by atoms with van der Waals surface area (Å²) in [5.41, 5.74) is 4.75. The minimum Gasteiger partial charge on any atom is -0.457 e. The zero-order valence-electron chi connectivity index (χ0n) is 18.1. The topological polar surface area (TPSA) is 57.2 Å². The maximum atomic E-state index is 12.2. The van der Waals surface area contributed by atoms with E-state index in [1.165, 1.54) is 5.69 Å². The van der Waals surface area contributed by atoms with E-state index >= 15 is 0 Å². The van der Waals surface area contributed by atoms with E-state index in [1.54, 1.807) is 6.21 Å². The van der Waals surface area contributed by atoms with Gasteiger partial charge in [0.1, 0.15) is 11.5 Å². The SMILES string of the molecule is O=C(CCN1CCN(c2ccccc2)CC1)N/N=C/c1cccc(Oc2ccccc2)c1. The van der Waals surface area contributed by atoms with Crippen molar-refractivity contribution in [2.75, 3.05) is 37.6 Å². The number of ether oxygens (including phenoxy) is 1. The second-order valence-electron chi connectivity index (χ2n) is 7.70. The van der Waals surface area contributed by atoms with Crippen LogP contribution >= 0.6 is 0 Å². The Balaban J connectivity index is 1.18. The van der Waals surface area contributed by atoms with Gasteiger partial charge in [0.05, 0.1) is 6.21 Å². The molecule has 3 aromatic rings. The lowest BCUT2D eigenvalue weighted by atomic mass is 10.2. The van der Waals surface area contributed by atoms with Crippen LogP contribution in [0.4, 0.5) is 5.69 Å². The van der Waals surface area contributed by atoms with E-state index in [2.05, 4.69) is 44.6 Å². The highest BCUT2D eigenvalue weighted by Gasteiger charge is 2.17. The molecule has 1 N–H and O–H groups in total. The number of para-hydroxylation sites is 2. The minimum absolute atomic E-state index is 0.0802. The number of hydrogen-bond donors (Lipinski definition) is 1. The minimum atomic E-state index is -0.0802. The predicted octanol–water partition coefficient (Wildman–Crippen LogP) is 4.14. The fourth-order valence-electron chi connectivity index (χ4n) is 3.65. The first-order valence-electron chi connectivity index (χ1n) is 10.9. The Morgan fingerprint density at radius 1 is 0.875 bits per heavy atom. The van der Waals surface area contributed by atoms with Crippen molar-refractivity contribution in [2.24, 2.45) is 5.10 Å². The monoisotopic (exact) mass is 428 g/mol. The first-order valence-corrected chi connectivity index (χ1v) is 10.9. The summed E-state index contributed by atoms with van der Waals surface area (Å²) in [6.07, 6.45) is 2.06. The number of anilines is 1. The molecule has 3 aromatic carbocycles. The Bertz CT molecular complexity index is 1020. The largest absolute Gasteiger partial charge is 0.457 e. The molecule has 0 bridgehead atoms. The summed E-state index contributed by atoms with van der Waals surface area (Å²) in [5, 5.41) is 4.10. The molecule has 0 aromatic heterocycles. The van der Waals surface area contributed by atoms with Crippen LogP contribution in [0.3, 0.4) is 0 Å². The Morgan fingerprint density at radius 3 is 2.31 bits per heavy atom. The molecule has 32 heavy (non-hydrogen) atoms. The van der Waals surface area contributed by atoms with Crippen molar-refractivity contribution >= 4 is 17.8 Å². The zero-order valence-corrected chi connectivity index (χ0v) is 18.1. The van der Waals surface area contributed by atoms with Crippen molar-refractivity contribution in [3.63, 3.8) is 0 Å². The molecule has 1 fully saturated rings. The van der Waals surface area contributed by atoms with E-state index < -0.39 is 0 Å². The van der Waals surface area contributed by atoms with E-state index in [4.69, 9.17) is 4.74 Å². The van der Waals surface area contributed by atoms with Crippen LogP contribution in [0.25, 0.3) is 0 Å². The second kappa shape index (κ2) is 11.1. The van der Waals surface area contributed by atoms with E-state index in [9.17, 15) is 4.79 Å². The summed E-state index contributed by atoms with van der Waals surface area (Å²) >= 11 is 0. The van der Waals surface area contributed by atoms with Crippen molar-refractivity contribution < 1.29 is 9.53 Å². The molecule has 6 nitrogen and oxygen atoms in total. The highest BCUT2D eigenvalue weighted by Crippen LogP contribution is 2.21. The van der Waals surface area contributed by atoms with Gasteiger partial charge in [0, 0.05) is 44.8 Å². The average Bonchev–Trinajstić information content (AvgIpc) is 2.85. The molecule has 6 heteroatoms. The van der Waals surface area contributed by atoms with Gasteiger partial charge in [0.25, 0.3) is 0 Å². The first-order chi connectivity index (χ1) is 15.8. The van der Waals surface area contributed by atoms with E-state index in [0.29, 0.717) is 6.42 Å². The molecule has 164 valence electrons. The standard InChI is InChI=1S/C26H28N4O2/c31-26(14-15-29-16-18-30(19-17-29)23-9-3-1-4-10-23)28-27-21-22-8-7-13-25(20-22)32-24-11-5-2-6-12-24/h1-13,20-21H,14-19H2,(H,28,31)/b27-21+. The molecule has 1 amide bonds. The lowest BCUT2D eigenvalue weighted by molar-refractivity contribution is -0.121. The molecule has 1 heterocycles. The van der Waals surface area contributed by atoms with Crippen LogP contribution in [-0.2, 0) is 4.79 Å². The first kappa shape index (κ1) is 21.6. The number of carbonyl (C=O) groups excluding carboxylic acids is 1. The number of carbonyl (C=O) groups is 1. The molecule has 1 aliphatic heterocycles. The Kier molecular flexibility index (Phi) is 7.50. The molecular formula is C26H28N4O2. The lowest BCUT2D eigenvalue weighted by Crippen LogP contribution is -2.47. The number of nitrogens with one attached hydrogen (secondary N) is 1. The number of hydrogen-bond acceptors (Lipinski definition) is 5. The van der Waals surface area contributed by atoms with E-state index in [0.717, 1.165) is 49.8 Å². The van der Waals surface area contributed by atoms with Crippen molar-refractivity contribution in [2.45, 2.75) is 6.42 Å². The van der Waals surface area contributed by atoms with E-state index in [-0.39, 0.29) is 5.91 Å². The average molecular weight is 429 g/mol. The van der Waals surface area contributed by atoms with Crippen LogP contribution < -0.4 is 15.1 Å². The molecule has 0 unspecified atom stereocenters. The molecule has 0 radical (unpaired) electrons. The van der Waals surface area contributed by atoms with Gasteiger partial charge in [-0.05, 0) is 42.0 Å². The highest BCUT2D eigenvalue weighted by molar-refractivity contribution is 5.82. The zero-order chi connectivity index (χ0) is 22.0. The Labute approximate surface area is 189 Å². The molecule has 0 aliphatic carbocycles. The molecular weight excluding hydrogens is 400 g/mol. The number of piperazine rings is 1. The lowest BCUT2D eigenvalue weighted by Gasteiger charge is -2.36. The molecule has 1 aliphatic rings. The van der Waals surface area contributed by atoms with Crippen LogP contribution in [0.2, 0.25) is 0 Å². The van der Waals surface area contributed by atoms with Gasteiger partial charge in [0.2, 0.25) is 5.91 Å². The maximum absolute atomic E-state index is 12.2. The number of benzene rings is 3. The molecule has 1 saturated heterocycles. The third kappa shape index (κ3) is 6.43. The van der Waals surface area contributed by atoms with Gasteiger partial charge in [-0.25, -0.2) is 5.43 Å². The number of amides is 1. The van der Waals surface area contributed by atoms with Crippen LogP contribution in [0.15, 0.2) is 90.0 Å². The summed E-state index contributed by atoms with van der Waals surface area (Å²) in [6.45, 7) is 4.61. The van der Waals surface area contributed by atoms with Gasteiger partial charge in [-0.2, -0.15) is 5.10 Å². The summed E-state index contributed by atoms with van der Waals surface area (Å²) in [7, 11) is 0. The molecule has 0 atom stereocenters. The number of rotatable bonds is 8. The molecule has 4 rings (SSSR count). The van der Waals surface area contributed by atoms with Crippen molar-refractivity contribution in [1.29, 1.82) is 0 Å². The number of nitrogens with zero attached hydrogens (tertiary/aromatic N) is 3. The Morgan fingerprint density at radius 2 is 1.56 bits per heavy atom. The van der Waals surface area contributed by atoms with Gasteiger partial charge in [-0.15, -0.1) is 0 Å². The van der Waals surface area contributed by atoms with Crippen molar-refractivity contribution in [1.82, 2.24) is 10.3 Å².